The van der Waals surface area contributed by atoms with E-state index in [9.17, 15) is 4.79 Å². The van der Waals surface area contributed by atoms with Crippen LogP contribution in [0.2, 0.25) is 0 Å². The maximum Gasteiger partial charge on any atom is 0.314 e. The highest BCUT2D eigenvalue weighted by atomic mass is 35.5. The second-order valence-electron chi connectivity index (χ2n) is 2.87. The summed E-state index contributed by atoms with van der Waals surface area (Å²) < 4.78 is 0. The van der Waals surface area contributed by atoms with Gasteiger partial charge in [0.25, 0.3) is 0 Å². The van der Waals surface area contributed by atoms with Gasteiger partial charge in [-0.15, -0.1) is 12.4 Å². The zero-order chi connectivity index (χ0) is 7.90. The number of halogens is 1. The third-order valence-corrected chi connectivity index (χ3v) is 2.21. The quantitative estimate of drug-likeness (QED) is 0.726. The molecule has 0 bridgehead atoms. The van der Waals surface area contributed by atoms with Gasteiger partial charge in [-0.1, -0.05) is 0 Å². The lowest BCUT2D eigenvalue weighted by atomic mass is 10.0. The van der Waals surface area contributed by atoms with E-state index in [0.717, 1.165) is 18.4 Å². The summed E-state index contributed by atoms with van der Waals surface area (Å²) in [5, 5.41) is 15.2. The van der Waals surface area contributed by atoms with E-state index in [1.54, 1.807) is 12.4 Å². The average Bonchev–Trinajstić information content (AvgIpc) is 2.61. The van der Waals surface area contributed by atoms with Gasteiger partial charge in [-0.2, -0.15) is 5.10 Å². The summed E-state index contributed by atoms with van der Waals surface area (Å²) in [5.41, 5.74) is 0.192. The number of carbonyl (C=O) groups is 1. The molecule has 2 N–H and O–H groups in total. The largest absolute Gasteiger partial charge is 0.481 e. The van der Waals surface area contributed by atoms with Crippen molar-refractivity contribution in [1.29, 1.82) is 0 Å². The number of hydrogen-bond acceptors (Lipinski definition) is 2. The number of rotatable bonds is 2. The van der Waals surface area contributed by atoms with Crippen LogP contribution in [0.1, 0.15) is 18.4 Å². The van der Waals surface area contributed by atoms with Crippen molar-refractivity contribution in [2.75, 3.05) is 0 Å². The van der Waals surface area contributed by atoms with E-state index in [2.05, 4.69) is 10.2 Å². The zero-order valence-corrected chi connectivity index (χ0v) is 7.10. The summed E-state index contributed by atoms with van der Waals surface area (Å²) in [6.45, 7) is 0. The highest BCUT2D eigenvalue weighted by Gasteiger charge is 2.52. The number of carboxylic acids is 1. The number of aromatic nitrogens is 2. The highest BCUT2D eigenvalue weighted by Crippen LogP contribution is 2.47. The van der Waals surface area contributed by atoms with Crippen LogP contribution >= 0.6 is 12.4 Å². The minimum atomic E-state index is -0.737. The second kappa shape index (κ2) is 2.79. The third-order valence-electron chi connectivity index (χ3n) is 2.21. The van der Waals surface area contributed by atoms with Crippen molar-refractivity contribution >= 4 is 18.4 Å². The molecule has 2 rings (SSSR count). The Bertz CT molecular complexity index is 280. The lowest BCUT2D eigenvalue weighted by Crippen LogP contribution is -2.18. The van der Waals surface area contributed by atoms with Crippen LogP contribution in [0, 0.1) is 0 Å². The Balaban J connectivity index is 0.000000720. The van der Waals surface area contributed by atoms with Crippen LogP contribution < -0.4 is 0 Å². The van der Waals surface area contributed by atoms with Gasteiger partial charge in [0.15, 0.2) is 0 Å². The van der Waals surface area contributed by atoms with Gasteiger partial charge >= 0.3 is 5.97 Å². The van der Waals surface area contributed by atoms with Crippen molar-refractivity contribution in [1.82, 2.24) is 10.2 Å². The molecule has 1 aliphatic rings. The van der Waals surface area contributed by atoms with Crippen LogP contribution in [0.25, 0.3) is 0 Å². The predicted molar refractivity (Wildman–Crippen MR) is 44.4 cm³/mol. The summed E-state index contributed by atoms with van der Waals surface area (Å²) in [4.78, 5) is 10.7. The Morgan fingerprint density at radius 1 is 1.67 bits per heavy atom. The number of aliphatic carboxylic acids is 1. The van der Waals surface area contributed by atoms with E-state index >= 15 is 0 Å². The van der Waals surface area contributed by atoms with Crippen LogP contribution in [0.5, 0.6) is 0 Å². The molecule has 12 heavy (non-hydrogen) atoms. The number of nitrogens with one attached hydrogen (secondary N) is 1. The second-order valence-corrected chi connectivity index (χ2v) is 2.87. The molecule has 0 aliphatic heterocycles. The summed E-state index contributed by atoms with van der Waals surface area (Å²) >= 11 is 0. The molecule has 1 fully saturated rings. The number of hydrogen-bond donors (Lipinski definition) is 2. The van der Waals surface area contributed by atoms with E-state index in [1.165, 1.54) is 0 Å². The lowest BCUT2D eigenvalue weighted by molar-refractivity contribution is -0.140. The van der Waals surface area contributed by atoms with Gasteiger partial charge in [-0.05, 0) is 12.8 Å². The summed E-state index contributed by atoms with van der Waals surface area (Å²) in [6.07, 6.45) is 4.71. The number of carboxylic acid groups (broad SMARTS) is 1. The Kier molecular flexibility index (Phi) is 2.10. The molecule has 1 aliphatic carbocycles. The molecule has 1 saturated carbocycles. The van der Waals surface area contributed by atoms with E-state index in [0.29, 0.717) is 0 Å². The molecule has 0 amide bonds. The maximum atomic E-state index is 10.7. The average molecular weight is 189 g/mol. The first-order valence-corrected chi connectivity index (χ1v) is 3.48. The normalized spacial score (nSPS) is 18.0. The maximum absolute atomic E-state index is 10.7. The summed E-state index contributed by atoms with van der Waals surface area (Å²) in [6, 6.07) is 0. The lowest BCUT2D eigenvalue weighted by Gasteiger charge is -2.03. The van der Waals surface area contributed by atoms with Crippen molar-refractivity contribution in [3.63, 3.8) is 0 Å². The molecule has 66 valence electrons. The molecule has 0 spiro atoms. The van der Waals surface area contributed by atoms with Gasteiger partial charge < -0.3 is 5.11 Å². The van der Waals surface area contributed by atoms with Crippen molar-refractivity contribution in [2.45, 2.75) is 18.3 Å². The van der Waals surface area contributed by atoms with Crippen molar-refractivity contribution in [3.05, 3.63) is 18.0 Å². The molecule has 4 nitrogen and oxygen atoms in total. The van der Waals surface area contributed by atoms with E-state index in [4.69, 9.17) is 5.11 Å². The van der Waals surface area contributed by atoms with Gasteiger partial charge in [-0.3, -0.25) is 9.89 Å². The van der Waals surface area contributed by atoms with Crippen LogP contribution in [0.4, 0.5) is 0 Å². The number of nitrogens with zero attached hydrogens (tertiary/aromatic N) is 1. The number of H-pyrrole nitrogens is 1. The first kappa shape index (κ1) is 9.06. The SMILES string of the molecule is Cl.O=C(O)C1(c2cn[nH]c2)CC1. The fourth-order valence-corrected chi connectivity index (χ4v) is 1.26. The minimum Gasteiger partial charge on any atom is -0.481 e. The fourth-order valence-electron chi connectivity index (χ4n) is 1.26. The molecule has 0 atom stereocenters. The van der Waals surface area contributed by atoms with Crippen LogP contribution in [0.15, 0.2) is 12.4 Å². The Morgan fingerprint density at radius 3 is 2.67 bits per heavy atom. The molecule has 5 heteroatoms. The molecule has 0 saturated heterocycles. The smallest absolute Gasteiger partial charge is 0.314 e. The fraction of sp³-hybridized carbons (Fsp3) is 0.429. The van der Waals surface area contributed by atoms with Crippen molar-refractivity contribution in [3.8, 4) is 0 Å². The Hall–Kier alpha value is -1.03. The van der Waals surface area contributed by atoms with E-state index in [-0.39, 0.29) is 12.4 Å². The molecule has 0 unspecified atom stereocenters. The van der Waals surface area contributed by atoms with Gasteiger partial charge in [0.2, 0.25) is 0 Å². The Labute approximate surface area is 75.4 Å². The summed E-state index contributed by atoms with van der Waals surface area (Å²) in [7, 11) is 0. The predicted octanol–water partition coefficient (Wildman–Crippen LogP) is 0.948. The molecular formula is C7H9ClN2O2. The molecule has 0 aromatic carbocycles. The molecule has 1 heterocycles. The molecule has 1 aromatic heterocycles. The molecule has 1 aromatic rings. The standard InChI is InChI=1S/C7H8N2O2.ClH/c10-6(11)7(1-2-7)5-3-8-9-4-5;/h3-4H,1-2H2,(H,8,9)(H,10,11);1H. The highest BCUT2D eigenvalue weighted by molar-refractivity contribution is 5.85. The van der Waals surface area contributed by atoms with Crippen LogP contribution in [0.3, 0.4) is 0 Å². The third kappa shape index (κ3) is 1.08. The van der Waals surface area contributed by atoms with Gasteiger partial charge in [0, 0.05) is 11.8 Å². The monoisotopic (exact) mass is 188 g/mol. The van der Waals surface area contributed by atoms with Gasteiger partial charge in [-0.25, -0.2) is 0 Å². The van der Waals surface area contributed by atoms with Crippen molar-refractivity contribution in [2.24, 2.45) is 0 Å². The first-order chi connectivity index (χ1) is 5.26. The minimum absolute atomic E-state index is 0. The zero-order valence-electron chi connectivity index (χ0n) is 6.28. The van der Waals surface area contributed by atoms with Gasteiger partial charge in [0.05, 0.1) is 11.6 Å². The van der Waals surface area contributed by atoms with Crippen LogP contribution in [-0.4, -0.2) is 21.3 Å². The van der Waals surface area contributed by atoms with E-state index in [1.807, 2.05) is 0 Å². The topological polar surface area (TPSA) is 66.0 Å². The molecule has 0 radical (unpaired) electrons. The molecular weight excluding hydrogens is 180 g/mol. The van der Waals surface area contributed by atoms with Crippen LogP contribution in [-0.2, 0) is 10.2 Å². The van der Waals surface area contributed by atoms with Crippen molar-refractivity contribution < 1.29 is 9.90 Å². The number of aromatic amines is 1. The Morgan fingerprint density at radius 2 is 2.33 bits per heavy atom. The van der Waals surface area contributed by atoms with E-state index < -0.39 is 11.4 Å². The first-order valence-electron chi connectivity index (χ1n) is 3.48. The summed E-state index contributed by atoms with van der Waals surface area (Å²) in [5.74, 6) is -0.737. The van der Waals surface area contributed by atoms with Gasteiger partial charge in [0.1, 0.15) is 0 Å².